The number of unbranched alkanes of at least 4 members (excludes halogenated alkanes) is 2. The first-order valence-corrected chi connectivity index (χ1v) is 5.29. The summed E-state index contributed by atoms with van der Waals surface area (Å²) in [5.74, 6) is 0. The monoisotopic (exact) mass is 189 g/mol. The van der Waals surface area contributed by atoms with Crippen molar-refractivity contribution in [2.45, 2.75) is 32.6 Å². The Bertz CT molecular complexity index is 92.9. The minimum absolute atomic E-state index is 0.250. The molecular formula is C10H23NO2. The maximum absolute atomic E-state index is 8.78. The first-order chi connectivity index (χ1) is 6.35. The molecule has 0 aliphatic rings. The van der Waals surface area contributed by atoms with Gasteiger partial charge in [-0.1, -0.05) is 6.92 Å². The zero-order valence-electron chi connectivity index (χ0n) is 8.71. The van der Waals surface area contributed by atoms with Gasteiger partial charge in [0.25, 0.3) is 0 Å². The molecule has 2 N–H and O–H groups in total. The van der Waals surface area contributed by atoms with E-state index in [-0.39, 0.29) is 6.61 Å². The fourth-order valence-electron chi connectivity index (χ4n) is 1.42. The minimum atomic E-state index is 0.250. The summed E-state index contributed by atoms with van der Waals surface area (Å²) >= 11 is 0. The van der Waals surface area contributed by atoms with Crippen LogP contribution in [0, 0.1) is 0 Å². The molecule has 0 amide bonds. The van der Waals surface area contributed by atoms with Crippen LogP contribution in [0.5, 0.6) is 0 Å². The van der Waals surface area contributed by atoms with E-state index in [1.54, 1.807) is 0 Å². The van der Waals surface area contributed by atoms with Gasteiger partial charge in [0.05, 0.1) is 6.61 Å². The van der Waals surface area contributed by atoms with Gasteiger partial charge in [-0.15, -0.1) is 0 Å². The van der Waals surface area contributed by atoms with Crippen molar-refractivity contribution < 1.29 is 10.2 Å². The third-order valence-corrected chi connectivity index (χ3v) is 2.09. The molecule has 0 unspecified atom stereocenters. The molecule has 3 heteroatoms. The molecule has 0 saturated carbocycles. The van der Waals surface area contributed by atoms with Gasteiger partial charge in [0.2, 0.25) is 0 Å². The molecule has 80 valence electrons. The Morgan fingerprint density at radius 1 is 0.846 bits per heavy atom. The lowest BCUT2D eigenvalue weighted by Crippen LogP contribution is -2.28. The van der Waals surface area contributed by atoms with Crippen LogP contribution in [-0.2, 0) is 0 Å². The largest absolute Gasteiger partial charge is 0.396 e. The highest BCUT2D eigenvalue weighted by Crippen LogP contribution is 1.99. The quantitative estimate of drug-likeness (QED) is 0.529. The molecule has 0 aromatic heterocycles. The van der Waals surface area contributed by atoms with Crippen LogP contribution < -0.4 is 0 Å². The average Bonchev–Trinajstić information content (AvgIpc) is 2.13. The van der Waals surface area contributed by atoms with Gasteiger partial charge in [-0.25, -0.2) is 0 Å². The highest BCUT2D eigenvalue weighted by molar-refractivity contribution is 4.56. The molecule has 0 fully saturated rings. The smallest absolute Gasteiger partial charge is 0.0558 e. The van der Waals surface area contributed by atoms with Crippen LogP contribution in [0.2, 0.25) is 0 Å². The van der Waals surface area contributed by atoms with Gasteiger partial charge in [0.1, 0.15) is 0 Å². The van der Waals surface area contributed by atoms with Gasteiger partial charge >= 0.3 is 0 Å². The number of aliphatic hydroxyl groups excluding tert-OH is 2. The molecule has 0 aliphatic heterocycles. The van der Waals surface area contributed by atoms with Crippen molar-refractivity contribution in [2.75, 3.05) is 32.8 Å². The van der Waals surface area contributed by atoms with Gasteiger partial charge in [-0.3, -0.25) is 0 Å². The van der Waals surface area contributed by atoms with Gasteiger partial charge in [0, 0.05) is 13.2 Å². The SMILES string of the molecule is CCCN(CCO)CCCCCO. The van der Waals surface area contributed by atoms with E-state index >= 15 is 0 Å². The second-order valence-corrected chi connectivity index (χ2v) is 3.35. The summed E-state index contributed by atoms with van der Waals surface area (Å²) in [5, 5.41) is 17.4. The van der Waals surface area contributed by atoms with E-state index in [1.807, 2.05) is 0 Å². The van der Waals surface area contributed by atoms with E-state index in [0.29, 0.717) is 6.61 Å². The number of aliphatic hydroxyl groups is 2. The molecule has 0 aromatic rings. The van der Waals surface area contributed by atoms with Crippen molar-refractivity contribution in [1.29, 1.82) is 0 Å². The zero-order valence-corrected chi connectivity index (χ0v) is 8.71. The summed E-state index contributed by atoms with van der Waals surface area (Å²) in [6, 6.07) is 0. The van der Waals surface area contributed by atoms with E-state index in [4.69, 9.17) is 10.2 Å². The maximum atomic E-state index is 8.78. The first-order valence-electron chi connectivity index (χ1n) is 5.29. The molecule has 0 bridgehead atoms. The summed E-state index contributed by atoms with van der Waals surface area (Å²) in [6.45, 7) is 5.60. The predicted octanol–water partition coefficient (Wildman–Crippen LogP) is 0.853. The van der Waals surface area contributed by atoms with E-state index in [2.05, 4.69) is 11.8 Å². The van der Waals surface area contributed by atoms with Gasteiger partial charge in [-0.05, 0) is 38.8 Å². The topological polar surface area (TPSA) is 43.7 Å². The van der Waals surface area contributed by atoms with Crippen LogP contribution >= 0.6 is 0 Å². The Labute approximate surface area is 81.4 Å². The Morgan fingerprint density at radius 2 is 1.62 bits per heavy atom. The van der Waals surface area contributed by atoms with Crippen molar-refractivity contribution in [1.82, 2.24) is 4.90 Å². The van der Waals surface area contributed by atoms with Crippen molar-refractivity contribution >= 4 is 0 Å². The summed E-state index contributed by atoms with van der Waals surface area (Å²) < 4.78 is 0. The second-order valence-electron chi connectivity index (χ2n) is 3.35. The highest BCUT2D eigenvalue weighted by Gasteiger charge is 2.01. The van der Waals surface area contributed by atoms with Crippen molar-refractivity contribution in [3.8, 4) is 0 Å². The maximum Gasteiger partial charge on any atom is 0.0558 e. The molecule has 13 heavy (non-hydrogen) atoms. The van der Waals surface area contributed by atoms with Crippen LogP contribution in [0.25, 0.3) is 0 Å². The number of hydrogen-bond acceptors (Lipinski definition) is 3. The van der Waals surface area contributed by atoms with Gasteiger partial charge in [0.15, 0.2) is 0 Å². The predicted molar refractivity (Wildman–Crippen MR) is 54.8 cm³/mol. The second kappa shape index (κ2) is 9.96. The fraction of sp³-hybridized carbons (Fsp3) is 1.00. The summed E-state index contributed by atoms with van der Waals surface area (Å²) in [7, 11) is 0. The molecule has 0 aliphatic carbocycles. The molecule has 0 atom stereocenters. The van der Waals surface area contributed by atoms with E-state index in [0.717, 1.165) is 45.3 Å². The number of nitrogens with zero attached hydrogens (tertiary/aromatic N) is 1. The minimum Gasteiger partial charge on any atom is -0.396 e. The molecule has 0 saturated heterocycles. The van der Waals surface area contributed by atoms with Crippen LogP contribution in [0.3, 0.4) is 0 Å². The highest BCUT2D eigenvalue weighted by atomic mass is 16.3. The van der Waals surface area contributed by atoms with Crippen LogP contribution in [0.15, 0.2) is 0 Å². The average molecular weight is 189 g/mol. The Morgan fingerprint density at radius 3 is 2.15 bits per heavy atom. The van der Waals surface area contributed by atoms with Crippen LogP contribution in [0.1, 0.15) is 32.6 Å². The lowest BCUT2D eigenvalue weighted by molar-refractivity contribution is 0.191. The first kappa shape index (κ1) is 12.9. The molecule has 0 heterocycles. The van der Waals surface area contributed by atoms with Gasteiger partial charge in [-0.2, -0.15) is 0 Å². The van der Waals surface area contributed by atoms with E-state index < -0.39 is 0 Å². The number of rotatable bonds is 9. The number of hydrogen-bond donors (Lipinski definition) is 2. The Kier molecular flexibility index (Phi) is 9.87. The van der Waals surface area contributed by atoms with Gasteiger partial charge < -0.3 is 15.1 Å². The summed E-state index contributed by atoms with van der Waals surface area (Å²) in [6.07, 6.45) is 4.25. The zero-order chi connectivity index (χ0) is 9.94. The Balaban J connectivity index is 3.33. The molecule has 0 aromatic carbocycles. The normalized spacial score (nSPS) is 11.1. The van der Waals surface area contributed by atoms with Crippen molar-refractivity contribution in [3.63, 3.8) is 0 Å². The Hall–Kier alpha value is -0.120. The molecule has 0 spiro atoms. The summed E-state index contributed by atoms with van der Waals surface area (Å²) in [5.41, 5.74) is 0. The standard InChI is InChI=1S/C10H23NO2/c1-2-6-11(8-10-13)7-4-3-5-9-12/h12-13H,2-10H2,1H3. The lowest BCUT2D eigenvalue weighted by Gasteiger charge is -2.19. The van der Waals surface area contributed by atoms with Crippen LogP contribution in [0.4, 0.5) is 0 Å². The summed E-state index contributed by atoms with van der Waals surface area (Å²) in [4.78, 5) is 2.28. The molecule has 0 radical (unpaired) electrons. The molecule has 3 nitrogen and oxygen atoms in total. The van der Waals surface area contributed by atoms with Crippen molar-refractivity contribution in [2.24, 2.45) is 0 Å². The lowest BCUT2D eigenvalue weighted by atomic mass is 10.2. The fourth-order valence-corrected chi connectivity index (χ4v) is 1.42. The van der Waals surface area contributed by atoms with Crippen molar-refractivity contribution in [3.05, 3.63) is 0 Å². The third-order valence-electron chi connectivity index (χ3n) is 2.09. The van der Waals surface area contributed by atoms with E-state index in [9.17, 15) is 0 Å². The van der Waals surface area contributed by atoms with Crippen LogP contribution in [-0.4, -0.2) is 48.0 Å². The van der Waals surface area contributed by atoms with E-state index in [1.165, 1.54) is 0 Å². The molecule has 0 rings (SSSR count). The third kappa shape index (κ3) is 8.22. The molecular weight excluding hydrogens is 166 g/mol.